The van der Waals surface area contributed by atoms with Crippen molar-refractivity contribution in [1.29, 1.82) is 0 Å². The molecule has 0 aliphatic heterocycles. The first-order valence-corrected chi connectivity index (χ1v) is 9.20. The maximum atomic E-state index is 12.0. The number of carbonyl (C=O) groups is 1. The molecule has 10 heteroatoms. The number of rotatable bonds is 9. The number of methoxy groups -OCH3 is 3. The molecule has 0 atom stereocenters. The van der Waals surface area contributed by atoms with Gasteiger partial charge < -0.3 is 28.8 Å². The molecule has 0 saturated heterocycles. The summed E-state index contributed by atoms with van der Waals surface area (Å²) >= 11 is 5.81. The number of halogens is 1. The Morgan fingerprint density at radius 1 is 1.07 bits per heavy atom. The molecule has 3 rings (SSSR count). The fraction of sp³-hybridized carbons (Fsp3) is 0.250. The topological polar surface area (TPSA) is 105 Å². The molecule has 1 aromatic heterocycles. The zero-order valence-corrected chi connectivity index (χ0v) is 17.4. The summed E-state index contributed by atoms with van der Waals surface area (Å²) in [5.41, 5.74) is 0.608. The number of nitrogens with one attached hydrogen (secondary N) is 1. The van der Waals surface area contributed by atoms with E-state index < -0.39 is 0 Å². The van der Waals surface area contributed by atoms with Gasteiger partial charge >= 0.3 is 0 Å². The van der Waals surface area contributed by atoms with Crippen LogP contribution in [0.5, 0.6) is 23.0 Å². The lowest BCUT2D eigenvalue weighted by atomic mass is 10.1. The van der Waals surface area contributed by atoms with Gasteiger partial charge in [0.1, 0.15) is 5.75 Å². The van der Waals surface area contributed by atoms with E-state index >= 15 is 0 Å². The molecular formula is C20H20ClN3O6. The van der Waals surface area contributed by atoms with E-state index in [1.165, 1.54) is 21.3 Å². The molecular weight excluding hydrogens is 414 g/mol. The number of ether oxygens (including phenoxy) is 4. The van der Waals surface area contributed by atoms with Crippen LogP contribution < -0.4 is 24.3 Å². The van der Waals surface area contributed by atoms with Gasteiger partial charge in [-0.1, -0.05) is 16.8 Å². The molecule has 30 heavy (non-hydrogen) atoms. The number of amides is 1. The van der Waals surface area contributed by atoms with Crippen LogP contribution in [0.2, 0.25) is 5.02 Å². The summed E-state index contributed by atoms with van der Waals surface area (Å²) in [5.74, 6) is 2.14. The van der Waals surface area contributed by atoms with Crippen LogP contribution in [0.25, 0.3) is 11.4 Å². The average Bonchev–Trinajstić information content (AvgIpc) is 3.25. The van der Waals surface area contributed by atoms with Crippen molar-refractivity contribution in [1.82, 2.24) is 15.5 Å². The SMILES string of the molecule is COc1cc(-c2noc(CNC(=O)COc3ccc(Cl)cc3)n2)cc(OC)c1OC. The van der Waals surface area contributed by atoms with E-state index in [1.54, 1.807) is 36.4 Å². The Bertz CT molecular complexity index is 981. The minimum absolute atomic E-state index is 0.0558. The van der Waals surface area contributed by atoms with Gasteiger partial charge in [0.05, 0.1) is 27.9 Å². The van der Waals surface area contributed by atoms with E-state index in [-0.39, 0.29) is 24.9 Å². The summed E-state index contributed by atoms with van der Waals surface area (Å²) in [6.45, 7) is -0.101. The van der Waals surface area contributed by atoms with Gasteiger partial charge in [0, 0.05) is 10.6 Å². The second kappa shape index (κ2) is 9.84. The summed E-state index contributed by atoms with van der Waals surface area (Å²) < 4.78 is 26.5. The van der Waals surface area contributed by atoms with E-state index in [0.29, 0.717) is 39.4 Å². The zero-order chi connectivity index (χ0) is 21.5. The molecule has 0 bridgehead atoms. The summed E-state index contributed by atoms with van der Waals surface area (Å²) in [6.07, 6.45) is 0. The van der Waals surface area contributed by atoms with Crippen molar-refractivity contribution in [3.63, 3.8) is 0 Å². The third-order valence-corrected chi connectivity index (χ3v) is 4.26. The predicted molar refractivity (Wildman–Crippen MR) is 108 cm³/mol. The Morgan fingerprint density at radius 2 is 1.73 bits per heavy atom. The molecule has 3 aromatic rings. The second-order valence-electron chi connectivity index (χ2n) is 5.95. The fourth-order valence-electron chi connectivity index (χ4n) is 2.56. The van der Waals surface area contributed by atoms with Crippen molar-refractivity contribution < 1.29 is 28.3 Å². The third kappa shape index (κ3) is 5.12. The number of carbonyl (C=O) groups excluding carboxylic acids is 1. The van der Waals surface area contributed by atoms with Crippen LogP contribution in [-0.2, 0) is 11.3 Å². The van der Waals surface area contributed by atoms with Crippen molar-refractivity contribution in [2.24, 2.45) is 0 Å². The van der Waals surface area contributed by atoms with Crippen molar-refractivity contribution in [2.45, 2.75) is 6.54 Å². The molecule has 0 spiro atoms. The van der Waals surface area contributed by atoms with Gasteiger partial charge in [-0.15, -0.1) is 0 Å². The van der Waals surface area contributed by atoms with Gasteiger partial charge in [-0.2, -0.15) is 4.98 Å². The maximum absolute atomic E-state index is 12.0. The highest BCUT2D eigenvalue weighted by Crippen LogP contribution is 2.40. The van der Waals surface area contributed by atoms with Crippen LogP contribution in [0.1, 0.15) is 5.89 Å². The molecule has 0 unspecified atom stereocenters. The summed E-state index contributed by atoms with van der Waals surface area (Å²) in [5, 5.41) is 7.18. The molecule has 0 aliphatic rings. The molecule has 1 N–H and O–H groups in total. The third-order valence-electron chi connectivity index (χ3n) is 4.01. The quantitative estimate of drug-likeness (QED) is 0.548. The van der Waals surface area contributed by atoms with Crippen LogP contribution in [0.15, 0.2) is 40.9 Å². The Morgan fingerprint density at radius 3 is 2.33 bits per heavy atom. The maximum Gasteiger partial charge on any atom is 0.258 e. The van der Waals surface area contributed by atoms with Crippen molar-refractivity contribution in [3.8, 4) is 34.4 Å². The first kappa shape index (κ1) is 21.3. The van der Waals surface area contributed by atoms with Crippen molar-refractivity contribution in [3.05, 3.63) is 47.3 Å². The zero-order valence-electron chi connectivity index (χ0n) is 16.6. The molecule has 0 saturated carbocycles. The highest BCUT2D eigenvalue weighted by Gasteiger charge is 2.17. The molecule has 0 aliphatic carbocycles. The molecule has 9 nitrogen and oxygen atoms in total. The van der Waals surface area contributed by atoms with Crippen molar-refractivity contribution in [2.75, 3.05) is 27.9 Å². The second-order valence-corrected chi connectivity index (χ2v) is 6.38. The number of hydrogen-bond donors (Lipinski definition) is 1. The molecule has 158 valence electrons. The standard InChI is InChI=1S/C20H20ClN3O6/c1-26-15-8-12(9-16(27-2)19(15)28-3)20-23-18(30-24-20)10-22-17(25)11-29-14-6-4-13(21)5-7-14/h4-9H,10-11H2,1-3H3,(H,22,25). The molecule has 0 radical (unpaired) electrons. The molecule has 1 heterocycles. The monoisotopic (exact) mass is 433 g/mol. The fourth-order valence-corrected chi connectivity index (χ4v) is 2.69. The van der Waals surface area contributed by atoms with Gasteiger partial charge in [0.25, 0.3) is 5.91 Å². The van der Waals surface area contributed by atoms with E-state index in [1.807, 2.05) is 0 Å². The van der Waals surface area contributed by atoms with E-state index in [4.69, 9.17) is 35.1 Å². The first-order chi connectivity index (χ1) is 14.5. The largest absolute Gasteiger partial charge is 0.493 e. The lowest BCUT2D eigenvalue weighted by molar-refractivity contribution is -0.123. The first-order valence-electron chi connectivity index (χ1n) is 8.82. The minimum atomic E-state index is -0.336. The van der Waals surface area contributed by atoms with E-state index in [9.17, 15) is 4.79 Å². The molecule has 1 amide bonds. The summed E-state index contributed by atoms with van der Waals surface area (Å²) in [4.78, 5) is 16.3. The van der Waals surface area contributed by atoms with Crippen LogP contribution in [0.4, 0.5) is 0 Å². The van der Waals surface area contributed by atoms with Gasteiger partial charge in [-0.25, -0.2) is 0 Å². The van der Waals surface area contributed by atoms with Gasteiger partial charge in [0.2, 0.25) is 17.5 Å². The minimum Gasteiger partial charge on any atom is -0.493 e. The van der Waals surface area contributed by atoms with Crippen LogP contribution in [0, 0.1) is 0 Å². The van der Waals surface area contributed by atoms with E-state index in [2.05, 4.69) is 15.5 Å². The molecule has 0 fully saturated rings. The predicted octanol–water partition coefficient (Wildman–Crippen LogP) is 3.11. The van der Waals surface area contributed by atoms with Gasteiger partial charge in [-0.05, 0) is 36.4 Å². The lowest BCUT2D eigenvalue weighted by Gasteiger charge is -2.12. The smallest absolute Gasteiger partial charge is 0.258 e. The number of nitrogens with zero attached hydrogens (tertiary/aromatic N) is 2. The number of hydrogen-bond acceptors (Lipinski definition) is 8. The van der Waals surface area contributed by atoms with Crippen LogP contribution in [-0.4, -0.2) is 44.0 Å². The Hall–Kier alpha value is -3.46. The normalized spacial score (nSPS) is 10.4. The Labute approximate surface area is 177 Å². The lowest BCUT2D eigenvalue weighted by Crippen LogP contribution is -2.28. The number of benzene rings is 2. The van der Waals surface area contributed by atoms with Crippen LogP contribution >= 0.6 is 11.6 Å². The van der Waals surface area contributed by atoms with Crippen LogP contribution in [0.3, 0.4) is 0 Å². The van der Waals surface area contributed by atoms with Crippen molar-refractivity contribution >= 4 is 17.5 Å². The van der Waals surface area contributed by atoms with E-state index in [0.717, 1.165) is 0 Å². The number of aromatic nitrogens is 2. The highest BCUT2D eigenvalue weighted by atomic mass is 35.5. The van der Waals surface area contributed by atoms with Gasteiger partial charge in [0.15, 0.2) is 18.1 Å². The average molecular weight is 434 g/mol. The Balaban J connectivity index is 1.61. The Kier molecular flexibility index (Phi) is 6.97. The van der Waals surface area contributed by atoms with Gasteiger partial charge in [-0.3, -0.25) is 4.79 Å². The molecule has 2 aromatic carbocycles. The summed E-state index contributed by atoms with van der Waals surface area (Å²) in [7, 11) is 4.56. The summed E-state index contributed by atoms with van der Waals surface area (Å²) in [6, 6.07) is 10.1. The highest BCUT2D eigenvalue weighted by molar-refractivity contribution is 6.30.